The molecule has 0 amide bonds. The van der Waals surface area contributed by atoms with Crippen molar-refractivity contribution < 1.29 is 19.0 Å². The molecule has 0 spiro atoms. The molecule has 0 aliphatic carbocycles. The minimum atomic E-state index is -1.05. The summed E-state index contributed by atoms with van der Waals surface area (Å²) in [4.78, 5) is 20.0. The van der Waals surface area contributed by atoms with Crippen LogP contribution >= 0.6 is 11.3 Å². The van der Waals surface area contributed by atoms with Gasteiger partial charge in [-0.25, -0.2) is 19.2 Å². The van der Waals surface area contributed by atoms with Gasteiger partial charge in [0, 0.05) is 28.3 Å². The maximum absolute atomic E-state index is 14.6. The minimum Gasteiger partial charge on any atom is -0.490 e. The van der Waals surface area contributed by atoms with Crippen molar-refractivity contribution in [2.45, 2.75) is 26.4 Å². The van der Waals surface area contributed by atoms with Gasteiger partial charge in [-0.1, -0.05) is 12.1 Å². The molecule has 4 rings (SSSR count). The molecule has 0 atom stereocenters. The summed E-state index contributed by atoms with van der Waals surface area (Å²) in [5.41, 5.74) is 2.08. The van der Waals surface area contributed by atoms with E-state index in [0.29, 0.717) is 41.0 Å². The number of halogens is 1. The van der Waals surface area contributed by atoms with Gasteiger partial charge in [-0.2, -0.15) is 0 Å². The van der Waals surface area contributed by atoms with E-state index in [1.807, 2.05) is 31.4 Å². The fraction of sp³-hybridized carbons (Fsp3) is 0.208. The third-order valence-corrected chi connectivity index (χ3v) is 5.77. The zero-order chi connectivity index (χ0) is 22.7. The van der Waals surface area contributed by atoms with E-state index in [1.165, 1.54) is 23.7 Å². The molecule has 2 aromatic heterocycles. The number of anilines is 1. The predicted octanol–water partition coefficient (Wildman–Crippen LogP) is 5.64. The molecule has 0 unspecified atom stereocenters. The summed E-state index contributed by atoms with van der Waals surface area (Å²) in [6.07, 6.45) is 1.78. The molecule has 2 heterocycles. The summed E-state index contributed by atoms with van der Waals surface area (Å²) < 4.78 is 21.2. The Bertz CT molecular complexity index is 1270. The van der Waals surface area contributed by atoms with Crippen LogP contribution < -0.4 is 10.1 Å². The van der Waals surface area contributed by atoms with Crippen molar-refractivity contribution in [1.29, 1.82) is 0 Å². The molecule has 8 heteroatoms. The maximum atomic E-state index is 14.6. The van der Waals surface area contributed by atoms with E-state index in [2.05, 4.69) is 15.3 Å². The van der Waals surface area contributed by atoms with Gasteiger partial charge in [-0.15, -0.1) is 11.3 Å². The molecule has 2 N–H and O–H groups in total. The Kier molecular flexibility index (Phi) is 6.32. The van der Waals surface area contributed by atoms with Crippen LogP contribution in [0.3, 0.4) is 0 Å². The van der Waals surface area contributed by atoms with E-state index in [0.717, 1.165) is 4.70 Å². The van der Waals surface area contributed by atoms with Gasteiger partial charge in [0.15, 0.2) is 0 Å². The van der Waals surface area contributed by atoms with Crippen LogP contribution in [-0.4, -0.2) is 33.7 Å². The van der Waals surface area contributed by atoms with Crippen molar-refractivity contribution >= 4 is 33.2 Å². The highest BCUT2D eigenvalue weighted by Crippen LogP contribution is 2.29. The zero-order valence-electron chi connectivity index (χ0n) is 17.6. The number of carboxylic acids is 1. The van der Waals surface area contributed by atoms with E-state index in [4.69, 9.17) is 4.74 Å². The number of hydrogen-bond acceptors (Lipinski definition) is 6. The minimum absolute atomic E-state index is 0.0967. The molecule has 2 aromatic carbocycles. The normalized spacial score (nSPS) is 11.1. The molecule has 0 bridgehead atoms. The first kappa shape index (κ1) is 21.7. The number of hydrogen-bond donors (Lipinski definition) is 2. The molecule has 6 nitrogen and oxygen atoms in total. The van der Waals surface area contributed by atoms with Crippen molar-refractivity contribution in [3.63, 3.8) is 0 Å². The van der Waals surface area contributed by atoms with Crippen LogP contribution in [0, 0.1) is 5.82 Å². The third kappa shape index (κ3) is 4.70. The summed E-state index contributed by atoms with van der Waals surface area (Å²) in [5, 5.41) is 15.1. The fourth-order valence-corrected chi connectivity index (χ4v) is 4.18. The van der Waals surface area contributed by atoms with Crippen LogP contribution in [0.25, 0.3) is 21.3 Å². The second-order valence-corrected chi connectivity index (χ2v) is 8.47. The van der Waals surface area contributed by atoms with Gasteiger partial charge in [0.2, 0.25) is 0 Å². The van der Waals surface area contributed by atoms with Gasteiger partial charge in [0.25, 0.3) is 0 Å². The average Bonchev–Trinajstić information content (AvgIpc) is 3.25. The highest BCUT2D eigenvalue weighted by atomic mass is 32.1. The van der Waals surface area contributed by atoms with Crippen molar-refractivity contribution in [3.8, 4) is 17.0 Å². The number of carbonyl (C=O) groups is 1. The largest absolute Gasteiger partial charge is 0.490 e. The van der Waals surface area contributed by atoms with Crippen LogP contribution in [0.15, 0.2) is 54.2 Å². The molecule has 4 aromatic rings. The van der Waals surface area contributed by atoms with Gasteiger partial charge in [0.1, 0.15) is 29.3 Å². The second kappa shape index (κ2) is 9.32. The number of carboxylic acid groups (broad SMARTS) is 1. The van der Waals surface area contributed by atoms with Crippen molar-refractivity contribution in [3.05, 3.63) is 71.1 Å². The Morgan fingerprint density at radius 2 is 2.03 bits per heavy atom. The summed E-state index contributed by atoms with van der Waals surface area (Å²) in [6.45, 7) is 4.18. The van der Waals surface area contributed by atoms with E-state index in [9.17, 15) is 14.3 Å². The maximum Gasteiger partial charge on any atom is 0.339 e. The number of aromatic carboxylic acids is 1. The molecule has 164 valence electrons. The van der Waals surface area contributed by atoms with Crippen LogP contribution in [0.2, 0.25) is 0 Å². The smallest absolute Gasteiger partial charge is 0.339 e. The molecule has 0 aliphatic rings. The fourth-order valence-electron chi connectivity index (χ4n) is 3.39. The first-order chi connectivity index (χ1) is 15.4. The Hall–Kier alpha value is -3.52. The number of ether oxygens (including phenoxy) is 1. The lowest BCUT2D eigenvalue weighted by atomic mass is 10.1. The average molecular weight is 452 g/mol. The topological polar surface area (TPSA) is 84.3 Å². The summed E-state index contributed by atoms with van der Waals surface area (Å²) in [7, 11) is 0. The number of benzene rings is 2. The summed E-state index contributed by atoms with van der Waals surface area (Å²) in [5.74, 6) is -0.340. The van der Waals surface area contributed by atoms with E-state index >= 15 is 0 Å². The molecule has 0 aliphatic heterocycles. The predicted molar refractivity (Wildman–Crippen MR) is 124 cm³/mol. The quantitative estimate of drug-likeness (QED) is 0.361. The molecule has 0 saturated heterocycles. The molecule has 0 fully saturated rings. The number of nitrogens with zero attached hydrogens (tertiary/aromatic N) is 2. The number of aromatic nitrogens is 2. The van der Waals surface area contributed by atoms with E-state index in [1.54, 1.807) is 24.3 Å². The molecular weight excluding hydrogens is 429 g/mol. The summed E-state index contributed by atoms with van der Waals surface area (Å²) >= 11 is 1.52. The van der Waals surface area contributed by atoms with Crippen LogP contribution in [0.5, 0.6) is 5.75 Å². The lowest BCUT2D eigenvalue weighted by molar-refractivity contribution is 0.0690. The Balaban J connectivity index is 1.49. The number of rotatable bonds is 8. The molecular formula is C24H22FN3O3S. The molecule has 32 heavy (non-hydrogen) atoms. The van der Waals surface area contributed by atoms with Crippen molar-refractivity contribution in [1.82, 2.24) is 9.97 Å². The Morgan fingerprint density at radius 3 is 2.81 bits per heavy atom. The first-order valence-corrected chi connectivity index (χ1v) is 11.0. The number of thiophene rings is 1. The number of fused-ring (bicyclic) bond motifs is 1. The third-order valence-electron chi connectivity index (χ3n) is 4.89. The Morgan fingerprint density at radius 1 is 1.19 bits per heavy atom. The Labute approximate surface area is 188 Å². The van der Waals surface area contributed by atoms with Crippen LogP contribution in [0.4, 0.5) is 10.2 Å². The summed E-state index contributed by atoms with van der Waals surface area (Å²) in [6, 6.07) is 12.2. The standard InChI is InChI=1S/C24H22FN3O3S/c1-14(2)31-20-11-16(3-5-17(20)24(29)30)19-12-22(28-13-27-19)26-9-7-15-4-6-21-18(23(15)25)8-10-32-21/h3-6,8,10-14H,7,9H2,1-2H3,(H,29,30)(H,26,27,28). The molecule has 0 radical (unpaired) electrons. The van der Waals surface area contributed by atoms with Gasteiger partial charge >= 0.3 is 5.97 Å². The van der Waals surface area contributed by atoms with E-state index < -0.39 is 5.97 Å². The SMILES string of the molecule is CC(C)Oc1cc(-c2cc(NCCc3ccc4sccc4c3F)ncn2)ccc1C(=O)O. The van der Waals surface area contributed by atoms with Gasteiger partial charge in [-0.05, 0) is 55.5 Å². The zero-order valence-corrected chi connectivity index (χ0v) is 18.4. The van der Waals surface area contributed by atoms with Crippen LogP contribution in [-0.2, 0) is 6.42 Å². The second-order valence-electron chi connectivity index (χ2n) is 7.52. The highest BCUT2D eigenvalue weighted by molar-refractivity contribution is 7.17. The van der Waals surface area contributed by atoms with Gasteiger partial charge in [0.05, 0.1) is 11.8 Å². The van der Waals surface area contributed by atoms with E-state index in [-0.39, 0.29) is 23.2 Å². The monoisotopic (exact) mass is 451 g/mol. The van der Waals surface area contributed by atoms with Gasteiger partial charge < -0.3 is 15.2 Å². The number of nitrogens with one attached hydrogen (secondary N) is 1. The van der Waals surface area contributed by atoms with Crippen molar-refractivity contribution in [2.24, 2.45) is 0 Å². The first-order valence-electron chi connectivity index (χ1n) is 10.2. The van der Waals surface area contributed by atoms with Crippen molar-refractivity contribution in [2.75, 3.05) is 11.9 Å². The van der Waals surface area contributed by atoms with Crippen LogP contribution in [0.1, 0.15) is 29.8 Å². The lowest BCUT2D eigenvalue weighted by Crippen LogP contribution is -2.10. The molecule has 0 saturated carbocycles. The lowest BCUT2D eigenvalue weighted by Gasteiger charge is -2.14. The van der Waals surface area contributed by atoms with Gasteiger partial charge in [-0.3, -0.25) is 0 Å². The highest BCUT2D eigenvalue weighted by Gasteiger charge is 2.15.